The molecule has 24 heavy (non-hydrogen) atoms. The van der Waals surface area contributed by atoms with Crippen LogP contribution in [-0.4, -0.2) is 32.3 Å². The molecule has 5 nitrogen and oxygen atoms in total. The van der Waals surface area contributed by atoms with E-state index in [0.29, 0.717) is 5.75 Å². The predicted octanol–water partition coefficient (Wildman–Crippen LogP) is 4.03. The number of pyridine rings is 1. The standard InChI is InChI=1S/C17H25N3O2.2ClH/c1-21-15-12-14(19-10-6-4-3-5-9-18)16-13(17(15)22-2)8-7-11-20-16;;/h7-8,11-12,19H,3-6,9-10,18H2,1-2H3;2*1H. The Labute approximate surface area is 156 Å². The Balaban J connectivity index is 0.00000264. The monoisotopic (exact) mass is 375 g/mol. The number of methoxy groups -OCH3 is 2. The van der Waals surface area contributed by atoms with Gasteiger partial charge < -0.3 is 20.5 Å². The highest BCUT2D eigenvalue weighted by atomic mass is 35.5. The molecule has 0 atom stereocenters. The van der Waals surface area contributed by atoms with Crippen LogP contribution in [0.4, 0.5) is 5.69 Å². The van der Waals surface area contributed by atoms with E-state index in [0.717, 1.165) is 48.3 Å². The van der Waals surface area contributed by atoms with E-state index in [-0.39, 0.29) is 24.8 Å². The minimum absolute atomic E-state index is 0. The molecule has 1 aromatic carbocycles. The van der Waals surface area contributed by atoms with Gasteiger partial charge in [-0.1, -0.05) is 12.8 Å². The fourth-order valence-electron chi connectivity index (χ4n) is 2.54. The second kappa shape index (κ2) is 12.0. The molecule has 0 spiro atoms. The fourth-order valence-corrected chi connectivity index (χ4v) is 2.54. The lowest BCUT2D eigenvalue weighted by molar-refractivity contribution is 0.358. The van der Waals surface area contributed by atoms with E-state index in [1.165, 1.54) is 12.8 Å². The maximum Gasteiger partial charge on any atom is 0.170 e. The first-order chi connectivity index (χ1) is 10.8. The lowest BCUT2D eigenvalue weighted by Crippen LogP contribution is -2.04. The molecule has 0 bridgehead atoms. The van der Waals surface area contributed by atoms with E-state index in [4.69, 9.17) is 15.2 Å². The number of aromatic nitrogens is 1. The molecule has 1 aromatic heterocycles. The van der Waals surface area contributed by atoms with Crippen molar-refractivity contribution in [2.75, 3.05) is 32.6 Å². The Morgan fingerprint density at radius 3 is 2.50 bits per heavy atom. The van der Waals surface area contributed by atoms with Gasteiger partial charge in [0.2, 0.25) is 0 Å². The van der Waals surface area contributed by atoms with Crippen LogP contribution >= 0.6 is 24.8 Å². The summed E-state index contributed by atoms with van der Waals surface area (Å²) in [4.78, 5) is 4.48. The van der Waals surface area contributed by atoms with Crippen LogP contribution in [0.25, 0.3) is 10.9 Å². The van der Waals surface area contributed by atoms with E-state index in [2.05, 4.69) is 10.3 Å². The molecule has 0 aliphatic rings. The number of fused-ring (bicyclic) bond motifs is 1. The quantitative estimate of drug-likeness (QED) is 0.647. The van der Waals surface area contributed by atoms with Gasteiger partial charge in [0, 0.05) is 24.2 Å². The van der Waals surface area contributed by atoms with Gasteiger partial charge in [0.05, 0.1) is 25.4 Å². The van der Waals surface area contributed by atoms with Crippen molar-refractivity contribution in [1.29, 1.82) is 0 Å². The molecule has 2 rings (SSSR count). The number of halogens is 2. The van der Waals surface area contributed by atoms with Crippen LogP contribution in [0.5, 0.6) is 11.5 Å². The average molecular weight is 376 g/mol. The van der Waals surface area contributed by atoms with Gasteiger partial charge >= 0.3 is 0 Å². The first-order valence-corrected chi connectivity index (χ1v) is 7.75. The summed E-state index contributed by atoms with van der Waals surface area (Å²) in [6.45, 7) is 1.68. The molecule has 1 heterocycles. The zero-order valence-electron chi connectivity index (χ0n) is 14.2. The summed E-state index contributed by atoms with van der Waals surface area (Å²) in [5.41, 5.74) is 7.39. The van der Waals surface area contributed by atoms with Crippen molar-refractivity contribution in [2.45, 2.75) is 25.7 Å². The third kappa shape index (κ3) is 5.58. The van der Waals surface area contributed by atoms with Gasteiger partial charge in [0.15, 0.2) is 11.5 Å². The topological polar surface area (TPSA) is 69.4 Å². The van der Waals surface area contributed by atoms with Crippen LogP contribution in [-0.2, 0) is 0 Å². The molecule has 3 N–H and O–H groups in total. The number of nitrogens with zero attached hydrogens (tertiary/aromatic N) is 1. The maximum absolute atomic E-state index is 5.51. The van der Waals surface area contributed by atoms with E-state index < -0.39 is 0 Å². The van der Waals surface area contributed by atoms with Crippen molar-refractivity contribution in [1.82, 2.24) is 4.98 Å². The largest absolute Gasteiger partial charge is 0.493 e. The molecule has 0 fully saturated rings. The average Bonchev–Trinajstić information content (AvgIpc) is 2.57. The number of anilines is 1. The number of rotatable bonds is 9. The van der Waals surface area contributed by atoms with Gasteiger partial charge in [-0.15, -0.1) is 24.8 Å². The SMILES string of the molecule is COc1cc(NCCCCCCN)c2ncccc2c1OC.Cl.Cl. The maximum atomic E-state index is 5.51. The molecular weight excluding hydrogens is 349 g/mol. The zero-order chi connectivity index (χ0) is 15.8. The van der Waals surface area contributed by atoms with Crippen LogP contribution in [0.15, 0.2) is 24.4 Å². The van der Waals surface area contributed by atoms with Crippen LogP contribution in [0, 0.1) is 0 Å². The van der Waals surface area contributed by atoms with Crippen LogP contribution in [0.3, 0.4) is 0 Å². The Bertz CT molecular complexity index is 612. The number of hydrogen-bond acceptors (Lipinski definition) is 5. The molecule has 7 heteroatoms. The van der Waals surface area contributed by atoms with Crippen molar-refractivity contribution in [3.05, 3.63) is 24.4 Å². The molecular formula is C17H27Cl2N3O2. The number of nitrogens with two attached hydrogens (primary N) is 1. The highest BCUT2D eigenvalue weighted by Crippen LogP contribution is 2.39. The summed E-state index contributed by atoms with van der Waals surface area (Å²) in [6, 6.07) is 5.85. The minimum atomic E-state index is 0. The summed E-state index contributed by atoms with van der Waals surface area (Å²) in [5, 5.41) is 4.41. The van der Waals surface area contributed by atoms with E-state index in [1.807, 2.05) is 18.2 Å². The molecule has 0 unspecified atom stereocenters. The van der Waals surface area contributed by atoms with Crippen LogP contribution in [0.2, 0.25) is 0 Å². The summed E-state index contributed by atoms with van der Waals surface area (Å²) >= 11 is 0. The summed E-state index contributed by atoms with van der Waals surface area (Å²) in [6.07, 6.45) is 6.37. The van der Waals surface area contributed by atoms with Crippen molar-refractivity contribution in [3.8, 4) is 11.5 Å². The van der Waals surface area contributed by atoms with Gasteiger partial charge in [-0.05, 0) is 31.5 Å². The Morgan fingerprint density at radius 1 is 1.08 bits per heavy atom. The number of unbranched alkanes of at least 4 members (excludes halogenated alkanes) is 3. The number of nitrogens with one attached hydrogen (secondary N) is 1. The molecule has 2 aromatic rings. The fraction of sp³-hybridized carbons (Fsp3) is 0.471. The third-order valence-corrected chi connectivity index (χ3v) is 3.68. The lowest BCUT2D eigenvalue weighted by atomic mass is 10.1. The van der Waals surface area contributed by atoms with E-state index in [9.17, 15) is 0 Å². The van der Waals surface area contributed by atoms with Crippen molar-refractivity contribution < 1.29 is 9.47 Å². The van der Waals surface area contributed by atoms with Gasteiger partial charge in [-0.2, -0.15) is 0 Å². The van der Waals surface area contributed by atoms with Crippen LogP contribution in [0.1, 0.15) is 25.7 Å². The highest BCUT2D eigenvalue weighted by molar-refractivity contribution is 5.97. The highest BCUT2D eigenvalue weighted by Gasteiger charge is 2.13. The molecule has 0 aliphatic heterocycles. The first-order valence-electron chi connectivity index (χ1n) is 7.75. The summed E-state index contributed by atoms with van der Waals surface area (Å²) in [5.74, 6) is 1.44. The smallest absolute Gasteiger partial charge is 0.170 e. The van der Waals surface area contributed by atoms with Gasteiger partial charge in [0.25, 0.3) is 0 Å². The van der Waals surface area contributed by atoms with E-state index >= 15 is 0 Å². The summed E-state index contributed by atoms with van der Waals surface area (Å²) < 4.78 is 10.9. The second-order valence-corrected chi connectivity index (χ2v) is 5.19. The molecule has 0 radical (unpaired) electrons. The first kappa shape index (κ1) is 22.6. The Morgan fingerprint density at radius 2 is 1.83 bits per heavy atom. The number of benzene rings is 1. The molecule has 0 aliphatic carbocycles. The molecule has 0 amide bonds. The lowest BCUT2D eigenvalue weighted by Gasteiger charge is -2.15. The molecule has 136 valence electrons. The van der Waals surface area contributed by atoms with Gasteiger partial charge in [-0.3, -0.25) is 4.98 Å². The third-order valence-electron chi connectivity index (χ3n) is 3.68. The summed E-state index contributed by atoms with van der Waals surface area (Å²) in [7, 11) is 3.30. The zero-order valence-corrected chi connectivity index (χ0v) is 15.8. The number of hydrogen-bond donors (Lipinski definition) is 2. The van der Waals surface area contributed by atoms with Crippen molar-refractivity contribution in [2.24, 2.45) is 5.73 Å². The minimum Gasteiger partial charge on any atom is -0.493 e. The van der Waals surface area contributed by atoms with Crippen molar-refractivity contribution >= 4 is 41.4 Å². The predicted molar refractivity (Wildman–Crippen MR) is 105 cm³/mol. The Kier molecular flexibility index (Phi) is 11.3. The van der Waals surface area contributed by atoms with Gasteiger partial charge in [-0.25, -0.2) is 0 Å². The normalized spacial score (nSPS) is 9.79. The van der Waals surface area contributed by atoms with Gasteiger partial charge in [0.1, 0.15) is 0 Å². The van der Waals surface area contributed by atoms with Crippen LogP contribution < -0.4 is 20.5 Å². The molecule has 0 saturated carbocycles. The second-order valence-electron chi connectivity index (χ2n) is 5.19. The van der Waals surface area contributed by atoms with Crippen molar-refractivity contribution in [3.63, 3.8) is 0 Å². The Hall–Kier alpha value is -1.43. The molecule has 0 saturated heterocycles. The number of ether oxygens (including phenoxy) is 2. The van der Waals surface area contributed by atoms with E-state index in [1.54, 1.807) is 20.4 Å².